The highest BCUT2D eigenvalue weighted by atomic mass is 16.5. The van der Waals surface area contributed by atoms with E-state index in [1.165, 1.54) is 7.11 Å². The third kappa shape index (κ3) is 3.53. The molecule has 1 unspecified atom stereocenters. The standard InChI is InChI=1S/C20H25N5O5/c1-21-20(27)25-8-4-5-15(25)18-22-17(23-30-18)12-10-24(11-12)19(26)14-7-6-13(28-2)9-16(14)29-3/h6-7,9,12,15H,4-5,8,10-11H2,1-3H3,(H,21,27). The van der Waals surface area contributed by atoms with Crippen LogP contribution in [0.15, 0.2) is 22.7 Å². The van der Waals surface area contributed by atoms with Crippen LogP contribution in [-0.4, -0.2) is 72.8 Å². The van der Waals surface area contributed by atoms with Crippen LogP contribution in [0, 0.1) is 0 Å². The summed E-state index contributed by atoms with van der Waals surface area (Å²) in [7, 11) is 4.69. The lowest BCUT2D eigenvalue weighted by atomic mass is 9.98. The zero-order valence-electron chi connectivity index (χ0n) is 17.3. The Hall–Kier alpha value is -3.30. The fraction of sp³-hybridized carbons (Fsp3) is 0.500. The van der Waals surface area contributed by atoms with E-state index in [-0.39, 0.29) is 23.9 Å². The lowest BCUT2D eigenvalue weighted by Gasteiger charge is -2.37. The first-order chi connectivity index (χ1) is 14.5. The Balaban J connectivity index is 1.41. The molecule has 0 saturated carbocycles. The van der Waals surface area contributed by atoms with Crippen molar-refractivity contribution in [2.45, 2.75) is 24.8 Å². The summed E-state index contributed by atoms with van der Waals surface area (Å²) in [4.78, 5) is 32.8. The van der Waals surface area contributed by atoms with Crippen molar-refractivity contribution >= 4 is 11.9 Å². The third-order valence-electron chi connectivity index (χ3n) is 5.64. The van der Waals surface area contributed by atoms with Crippen LogP contribution in [0.2, 0.25) is 0 Å². The summed E-state index contributed by atoms with van der Waals surface area (Å²) < 4.78 is 16.0. The van der Waals surface area contributed by atoms with Gasteiger partial charge in [-0.25, -0.2) is 4.79 Å². The van der Waals surface area contributed by atoms with E-state index in [1.807, 2.05) is 0 Å². The number of nitrogens with one attached hydrogen (secondary N) is 1. The Bertz CT molecular complexity index is 939. The van der Waals surface area contributed by atoms with Crippen LogP contribution >= 0.6 is 0 Å². The lowest BCUT2D eigenvalue weighted by molar-refractivity contribution is 0.0589. The Labute approximate surface area is 174 Å². The summed E-state index contributed by atoms with van der Waals surface area (Å²) in [5.41, 5.74) is 0.484. The molecule has 4 rings (SSSR count). The van der Waals surface area contributed by atoms with Gasteiger partial charge >= 0.3 is 6.03 Å². The zero-order chi connectivity index (χ0) is 21.3. The second kappa shape index (κ2) is 8.21. The van der Waals surface area contributed by atoms with Crippen LogP contribution < -0.4 is 14.8 Å². The number of hydrogen-bond donors (Lipinski definition) is 1. The Morgan fingerprint density at radius 3 is 2.73 bits per heavy atom. The topological polar surface area (TPSA) is 110 Å². The normalized spacial score (nSPS) is 18.8. The molecule has 160 valence electrons. The van der Waals surface area contributed by atoms with Gasteiger partial charge in [-0.05, 0) is 25.0 Å². The number of likely N-dealkylation sites (tertiary alicyclic amines) is 2. The second-order valence-electron chi connectivity index (χ2n) is 7.37. The molecule has 10 heteroatoms. The molecule has 3 heterocycles. The summed E-state index contributed by atoms with van der Waals surface area (Å²) >= 11 is 0. The largest absolute Gasteiger partial charge is 0.497 e. The molecule has 2 aliphatic rings. The van der Waals surface area contributed by atoms with Gasteiger partial charge < -0.3 is 29.1 Å². The first-order valence-corrected chi connectivity index (χ1v) is 9.88. The molecule has 3 amide bonds. The third-order valence-corrected chi connectivity index (χ3v) is 5.64. The van der Waals surface area contributed by atoms with Crippen molar-refractivity contribution in [1.29, 1.82) is 0 Å². The van der Waals surface area contributed by atoms with E-state index < -0.39 is 0 Å². The number of benzene rings is 1. The Morgan fingerprint density at radius 1 is 1.23 bits per heavy atom. The molecular formula is C20H25N5O5. The van der Waals surface area contributed by atoms with Crippen LogP contribution in [0.25, 0.3) is 0 Å². The molecule has 30 heavy (non-hydrogen) atoms. The van der Waals surface area contributed by atoms with Crippen molar-refractivity contribution in [2.24, 2.45) is 0 Å². The van der Waals surface area contributed by atoms with E-state index in [0.29, 0.717) is 48.4 Å². The molecule has 1 aromatic carbocycles. The van der Waals surface area contributed by atoms with Crippen LogP contribution in [-0.2, 0) is 0 Å². The summed E-state index contributed by atoms with van der Waals surface area (Å²) in [6, 6.07) is 4.78. The number of nitrogens with zero attached hydrogens (tertiary/aromatic N) is 4. The molecule has 1 aromatic heterocycles. The van der Waals surface area contributed by atoms with Gasteiger partial charge in [-0.1, -0.05) is 5.16 Å². The quantitative estimate of drug-likeness (QED) is 0.793. The molecule has 0 bridgehead atoms. The van der Waals surface area contributed by atoms with Gasteiger partial charge in [0.25, 0.3) is 5.91 Å². The highest BCUT2D eigenvalue weighted by Gasteiger charge is 2.38. The van der Waals surface area contributed by atoms with E-state index in [2.05, 4.69) is 15.5 Å². The van der Waals surface area contributed by atoms with Gasteiger partial charge in [-0.3, -0.25) is 4.79 Å². The molecular weight excluding hydrogens is 390 g/mol. The molecule has 1 atom stereocenters. The molecule has 2 fully saturated rings. The molecule has 2 aliphatic heterocycles. The minimum Gasteiger partial charge on any atom is -0.497 e. The first kappa shape index (κ1) is 20.0. The van der Waals surface area contributed by atoms with Crippen molar-refractivity contribution in [3.63, 3.8) is 0 Å². The van der Waals surface area contributed by atoms with E-state index in [0.717, 1.165) is 12.8 Å². The van der Waals surface area contributed by atoms with Crippen molar-refractivity contribution in [3.8, 4) is 11.5 Å². The average molecular weight is 415 g/mol. The Morgan fingerprint density at radius 2 is 2.03 bits per heavy atom. The zero-order valence-corrected chi connectivity index (χ0v) is 17.3. The number of carbonyl (C=O) groups excluding carboxylic acids is 2. The highest BCUT2D eigenvalue weighted by Crippen LogP contribution is 2.34. The van der Waals surface area contributed by atoms with Gasteiger partial charge in [0, 0.05) is 32.7 Å². The number of carbonyl (C=O) groups is 2. The maximum Gasteiger partial charge on any atom is 0.317 e. The van der Waals surface area contributed by atoms with Crippen LogP contribution in [0.1, 0.15) is 46.9 Å². The van der Waals surface area contributed by atoms with Gasteiger partial charge in [-0.15, -0.1) is 0 Å². The molecule has 0 spiro atoms. The number of ether oxygens (including phenoxy) is 2. The van der Waals surface area contributed by atoms with Crippen LogP contribution in [0.5, 0.6) is 11.5 Å². The summed E-state index contributed by atoms with van der Waals surface area (Å²) in [6.45, 7) is 1.66. The maximum absolute atomic E-state index is 12.8. The lowest BCUT2D eigenvalue weighted by Crippen LogP contribution is -2.48. The van der Waals surface area contributed by atoms with Gasteiger partial charge in [0.05, 0.1) is 25.7 Å². The molecule has 10 nitrogen and oxygen atoms in total. The highest BCUT2D eigenvalue weighted by molar-refractivity contribution is 5.97. The van der Waals surface area contributed by atoms with Crippen LogP contribution in [0.4, 0.5) is 4.79 Å². The molecule has 2 aromatic rings. The molecule has 1 N–H and O–H groups in total. The molecule has 2 saturated heterocycles. The second-order valence-corrected chi connectivity index (χ2v) is 7.37. The molecule has 0 radical (unpaired) electrons. The van der Waals surface area contributed by atoms with E-state index >= 15 is 0 Å². The number of urea groups is 1. The van der Waals surface area contributed by atoms with Crippen molar-refractivity contribution < 1.29 is 23.6 Å². The van der Waals surface area contributed by atoms with Crippen molar-refractivity contribution in [3.05, 3.63) is 35.5 Å². The minimum absolute atomic E-state index is 0.00514. The van der Waals surface area contributed by atoms with Gasteiger partial charge in [-0.2, -0.15) is 4.98 Å². The predicted molar refractivity (Wildman–Crippen MR) is 106 cm³/mol. The summed E-state index contributed by atoms with van der Waals surface area (Å²) in [6.07, 6.45) is 1.69. The molecule has 0 aliphatic carbocycles. The fourth-order valence-electron chi connectivity index (χ4n) is 3.91. The van der Waals surface area contributed by atoms with Gasteiger partial charge in [0.1, 0.15) is 17.5 Å². The van der Waals surface area contributed by atoms with Crippen molar-refractivity contribution in [1.82, 2.24) is 25.3 Å². The number of amides is 3. The Kier molecular flexibility index (Phi) is 5.47. The number of rotatable bonds is 5. The van der Waals surface area contributed by atoms with Crippen molar-refractivity contribution in [2.75, 3.05) is 40.9 Å². The first-order valence-electron chi connectivity index (χ1n) is 9.88. The number of hydrogen-bond acceptors (Lipinski definition) is 7. The van der Waals surface area contributed by atoms with E-state index in [9.17, 15) is 9.59 Å². The van der Waals surface area contributed by atoms with Crippen LogP contribution in [0.3, 0.4) is 0 Å². The summed E-state index contributed by atoms with van der Waals surface area (Å²) in [5.74, 6) is 2.01. The summed E-state index contributed by atoms with van der Waals surface area (Å²) in [5, 5.41) is 6.75. The number of methoxy groups -OCH3 is 2. The smallest absolute Gasteiger partial charge is 0.317 e. The SMILES string of the molecule is CNC(=O)N1CCCC1c1nc(C2CN(C(=O)c3ccc(OC)cc3OC)C2)no1. The predicted octanol–water partition coefficient (Wildman–Crippen LogP) is 1.80. The minimum atomic E-state index is -0.201. The average Bonchev–Trinajstić information content (AvgIpc) is 3.41. The monoisotopic (exact) mass is 415 g/mol. The number of aromatic nitrogens is 2. The van der Waals surface area contributed by atoms with E-state index in [1.54, 1.807) is 42.2 Å². The fourth-order valence-corrected chi connectivity index (χ4v) is 3.91. The van der Waals surface area contributed by atoms with Gasteiger partial charge in [0.15, 0.2) is 5.82 Å². The van der Waals surface area contributed by atoms with E-state index in [4.69, 9.17) is 14.0 Å². The maximum atomic E-state index is 12.8. The van der Waals surface area contributed by atoms with Gasteiger partial charge in [0.2, 0.25) is 5.89 Å².